The molecule has 1 aromatic carbocycles. The molecule has 0 fully saturated rings. The summed E-state index contributed by atoms with van der Waals surface area (Å²) in [7, 11) is 0. The van der Waals surface area contributed by atoms with Crippen LogP contribution in [0.15, 0.2) is 24.3 Å². The Hall–Kier alpha value is -2.34. The summed E-state index contributed by atoms with van der Waals surface area (Å²) in [5.74, 6) is 0.207. The first-order chi connectivity index (χ1) is 10.9. The summed E-state index contributed by atoms with van der Waals surface area (Å²) in [4.78, 5) is 24.2. The van der Waals surface area contributed by atoms with Crippen molar-refractivity contribution in [3.05, 3.63) is 41.0 Å². The summed E-state index contributed by atoms with van der Waals surface area (Å²) in [5.41, 5.74) is 14.5. The number of anilines is 1. The molecule has 0 aliphatic heterocycles. The number of hydrogen-bond donors (Lipinski definition) is 3. The fourth-order valence-corrected chi connectivity index (χ4v) is 4.58. The molecule has 1 aromatic heterocycles. The number of benzene rings is 1. The molecule has 2 aromatic rings. The van der Waals surface area contributed by atoms with Crippen LogP contribution >= 0.6 is 11.3 Å². The largest absolute Gasteiger partial charge is 0.365 e. The van der Waals surface area contributed by atoms with E-state index in [1.165, 1.54) is 16.9 Å². The summed E-state index contributed by atoms with van der Waals surface area (Å²) in [6, 6.07) is 7.51. The number of rotatable bonds is 3. The summed E-state index contributed by atoms with van der Waals surface area (Å²) in [5, 5.41) is 2.98. The smallest absolute Gasteiger partial charge is 0.317 e. The van der Waals surface area contributed by atoms with Gasteiger partial charge in [-0.15, -0.1) is 11.3 Å². The highest BCUT2D eigenvalue weighted by Gasteiger charge is 2.33. The van der Waals surface area contributed by atoms with E-state index in [1.54, 1.807) is 0 Å². The number of thiophene rings is 1. The Kier molecular flexibility index (Phi) is 3.85. The minimum atomic E-state index is -0.695. The van der Waals surface area contributed by atoms with Crippen molar-refractivity contribution in [1.82, 2.24) is 0 Å². The van der Waals surface area contributed by atoms with Crippen molar-refractivity contribution in [3.63, 3.8) is 0 Å². The molecule has 0 saturated heterocycles. The molecule has 120 valence electrons. The number of carbonyl (C=O) groups is 2. The van der Waals surface area contributed by atoms with Gasteiger partial charge in [-0.25, -0.2) is 4.79 Å². The van der Waals surface area contributed by atoms with Gasteiger partial charge in [-0.2, -0.15) is 0 Å². The van der Waals surface area contributed by atoms with Crippen molar-refractivity contribution < 1.29 is 9.59 Å². The summed E-state index contributed by atoms with van der Waals surface area (Å²) in [6.07, 6.45) is 0.735. The van der Waals surface area contributed by atoms with E-state index in [2.05, 4.69) is 31.3 Å². The maximum absolute atomic E-state index is 12.0. The van der Waals surface area contributed by atoms with Crippen molar-refractivity contribution in [1.29, 1.82) is 0 Å². The van der Waals surface area contributed by atoms with Crippen LogP contribution in [0.4, 0.5) is 9.80 Å². The van der Waals surface area contributed by atoms with Gasteiger partial charge < -0.3 is 11.5 Å². The predicted octanol–water partition coefficient (Wildman–Crippen LogP) is 3.30. The Morgan fingerprint density at radius 3 is 2.57 bits per heavy atom. The molecular formula is C17H19N3O2S. The number of carbonyl (C=O) groups excluding carboxylic acids is 2. The van der Waals surface area contributed by atoms with E-state index in [9.17, 15) is 9.59 Å². The van der Waals surface area contributed by atoms with Crippen molar-refractivity contribution in [2.24, 2.45) is 17.4 Å². The summed E-state index contributed by atoms with van der Waals surface area (Å²) in [6.45, 7) is 4.34. The van der Waals surface area contributed by atoms with Crippen LogP contribution in [0.1, 0.15) is 41.3 Å². The third kappa shape index (κ3) is 2.59. The molecule has 6 heteroatoms. The van der Waals surface area contributed by atoms with Crippen LogP contribution in [0, 0.1) is 5.92 Å². The molecule has 1 unspecified atom stereocenters. The lowest BCUT2D eigenvalue weighted by atomic mass is 9.76. The van der Waals surface area contributed by atoms with E-state index in [0.29, 0.717) is 22.4 Å². The van der Waals surface area contributed by atoms with Gasteiger partial charge in [-0.05, 0) is 34.9 Å². The molecule has 0 saturated carbocycles. The fourth-order valence-electron chi connectivity index (χ4n) is 3.29. The first-order valence-electron chi connectivity index (χ1n) is 7.51. The minimum Gasteiger partial charge on any atom is -0.365 e. The third-order valence-corrected chi connectivity index (χ3v) is 5.50. The van der Waals surface area contributed by atoms with E-state index < -0.39 is 11.9 Å². The number of nitrogens with one attached hydrogen (secondary N) is 1. The Balaban J connectivity index is 2.24. The molecule has 0 radical (unpaired) electrons. The molecule has 1 heterocycles. The molecular weight excluding hydrogens is 310 g/mol. The summed E-state index contributed by atoms with van der Waals surface area (Å²) < 4.78 is 0. The standard InChI is InChI=1S/C17H19N3O2S/c1-8(2)11-7-12-13(15(18)21)16(20-17(19)22)23-14(12)10-6-4-3-5-9(10)11/h3-6,8,11H,7H2,1-2H3,(H2,18,21)(H3,19,20,22). The molecule has 5 nitrogen and oxygen atoms in total. The van der Waals surface area contributed by atoms with E-state index in [1.807, 2.05) is 12.1 Å². The minimum absolute atomic E-state index is 0.313. The second-order valence-electron chi connectivity index (χ2n) is 6.11. The Morgan fingerprint density at radius 2 is 1.96 bits per heavy atom. The van der Waals surface area contributed by atoms with Gasteiger partial charge in [0.05, 0.1) is 5.56 Å². The zero-order valence-electron chi connectivity index (χ0n) is 13.1. The highest BCUT2D eigenvalue weighted by molar-refractivity contribution is 7.20. The maximum atomic E-state index is 12.0. The van der Waals surface area contributed by atoms with E-state index in [4.69, 9.17) is 11.5 Å². The molecule has 1 aliphatic carbocycles. The Labute approximate surface area is 138 Å². The molecule has 0 bridgehead atoms. The molecule has 3 rings (SSSR count). The number of hydrogen-bond acceptors (Lipinski definition) is 3. The molecule has 3 amide bonds. The van der Waals surface area contributed by atoms with E-state index >= 15 is 0 Å². The quantitative estimate of drug-likeness (QED) is 0.805. The Bertz CT molecular complexity index is 795. The maximum Gasteiger partial charge on any atom is 0.317 e. The lowest BCUT2D eigenvalue weighted by Crippen LogP contribution is -2.23. The van der Waals surface area contributed by atoms with Crippen LogP contribution in [0.3, 0.4) is 0 Å². The zero-order valence-corrected chi connectivity index (χ0v) is 13.9. The SMILES string of the molecule is CC(C)C1Cc2c(sc(NC(N)=O)c2C(N)=O)-c2ccccc21. The monoisotopic (exact) mass is 329 g/mol. The first kappa shape index (κ1) is 15.6. The number of fused-ring (bicyclic) bond motifs is 3. The van der Waals surface area contributed by atoms with Gasteiger partial charge in [-0.1, -0.05) is 38.1 Å². The molecule has 5 N–H and O–H groups in total. The average molecular weight is 329 g/mol. The number of urea groups is 1. The van der Waals surface area contributed by atoms with Crippen LogP contribution in [0.25, 0.3) is 10.4 Å². The second-order valence-corrected chi connectivity index (χ2v) is 7.13. The van der Waals surface area contributed by atoms with Crippen LogP contribution in [-0.2, 0) is 6.42 Å². The van der Waals surface area contributed by atoms with Crippen molar-refractivity contribution in [2.75, 3.05) is 5.32 Å². The van der Waals surface area contributed by atoms with Crippen LogP contribution in [0.2, 0.25) is 0 Å². The number of primary amides is 2. The van der Waals surface area contributed by atoms with Gasteiger partial charge >= 0.3 is 6.03 Å². The van der Waals surface area contributed by atoms with Gasteiger partial charge in [0.2, 0.25) is 0 Å². The van der Waals surface area contributed by atoms with E-state index in [-0.39, 0.29) is 0 Å². The lowest BCUT2D eigenvalue weighted by Gasteiger charge is -2.29. The Morgan fingerprint density at radius 1 is 1.26 bits per heavy atom. The van der Waals surface area contributed by atoms with Gasteiger partial charge in [-0.3, -0.25) is 10.1 Å². The highest BCUT2D eigenvalue weighted by atomic mass is 32.1. The molecule has 0 spiro atoms. The second kappa shape index (κ2) is 5.70. The fraction of sp³-hybridized carbons (Fsp3) is 0.294. The van der Waals surface area contributed by atoms with Gasteiger partial charge in [0.1, 0.15) is 5.00 Å². The highest BCUT2D eigenvalue weighted by Crippen LogP contribution is 2.49. The van der Waals surface area contributed by atoms with Gasteiger partial charge in [0.15, 0.2) is 0 Å². The predicted molar refractivity (Wildman–Crippen MR) is 92.8 cm³/mol. The zero-order chi connectivity index (χ0) is 16.7. The van der Waals surface area contributed by atoms with Crippen molar-refractivity contribution in [2.45, 2.75) is 26.2 Å². The van der Waals surface area contributed by atoms with E-state index in [0.717, 1.165) is 22.4 Å². The van der Waals surface area contributed by atoms with Crippen molar-refractivity contribution in [3.8, 4) is 10.4 Å². The summed E-state index contributed by atoms with van der Waals surface area (Å²) >= 11 is 1.36. The van der Waals surface area contributed by atoms with Crippen LogP contribution in [-0.4, -0.2) is 11.9 Å². The number of nitrogens with two attached hydrogens (primary N) is 2. The third-order valence-electron chi connectivity index (χ3n) is 4.32. The normalized spacial score (nSPS) is 15.9. The topological polar surface area (TPSA) is 98.2 Å². The number of amides is 3. The van der Waals surface area contributed by atoms with Crippen molar-refractivity contribution >= 4 is 28.3 Å². The van der Waals surface area contributed by atoms with Crippen LogP contribution in [0.5, 0.6) is 0 Å². The first-order valence-corrected chi connectivity index (χ1v) is 8.33. The van der Waals surface area contributed by atoms with Gasteiger partial charge in [0.25, 0.3) is 5.91 Å². The molecule has 1 aliphatic rings. The van der Waals surface area contributed by atoms with Gasteiger partial charge in [0, 0.05) is 4.88 Å². The molecule has 1 atom stereocenters. The average Bonchev–Trinajstić information content (AvgIpc) is 2.83. The lowest BCUT2D eigenvalue weighted by molar-refractivity contribution is 0.100. The molecule has 23 heavy (non-hydrogen) atoms. The van der Waals surface area contributed by atoms with Crippen LogP contribution < -0.4 is 16.8 Å².